The van der Waals surface area contributed by atoms with Gasteiger partial charge in [-0.05, 0) is 30.9 Å². The van der Waals surface area contributed by atoms with Crippen LogP contribution < -0.4 is 10.6 Å². The molecule has 2 heterocycles. The molecule has 2 N–H and O–H groups in total. The number of hydrogen-bond acceptors (Lipinski definition) is 4. The second kappa shape index (κ2) is 12.2. The molecule has 1 aliphatic heterocycles. The summed E-state index contributed by atoms with van der Waals surface area (Å²) in [6.07, 6.45) is 7.69. The van der Waals surface area contributed by atoms with Crippen molar-refractivity contribution >= 4 is 5.96 Å². The van der Waals surface area contributed by atoms with E-state index in [1.54, 1.807) is 6.20 Å². The molecule has 0 saturated carbocycles. The molecule has 29 heavy (non-hydrogen) atoms. The highest BCUT2D eigenvalue weighted by Gasteiger charge is 2.15. The van der Waals surface area contributed by atoms with Gasteiger partial charge in [-0.3, -0.25) is 0 Å². The number of benzene rings is 1. The second-order valence-electron chi connectivity index (χ2n) is 7.33. The Kier molecular flexibility index (Phi) is 9.00. The Morgan fingerprint density at radius 1 is 1.28 bits per heavy atom. The topological polar surface area (TPSA) is 72.7 Å². The van der Waals surface area contributed by atoms with E-state index in [0.29, 0.717) is 12.5 Å². The molecule has 3 rings (SSSR count). The highest BCUT2D eigenvalue weighted by molar-refractivity contribution is 5.79. The van der Waals surface area contributed by atoms with Gasteiger partial charge in [-0.2, -0.15) is 0 Å². The normalized spacial score (nSPS) is 16.9. The molecule has 0 aliphatic carbocycles. The largest absolute Gasteiger partial charge is 0.381 e. The summed E-state index contributed by atoms with van der Waals surface area (Å²) in [4.78, 5) is 8.77. The molecule has 1 saturated heterocycles. The van der Waals surface area contributed by atoms with Crippen molar-refractivity contribution in [3.05, 3.63) is 54.1 Å². The van der Waals surface area contributed by atoms with Gasteiger partial charge >= 0.3 is 0 Å². The van der Waals surface area contributed by atoms with Crippen molar-refractivity contribution in [2.24, 2.45) is 10.9 Å². The molecule has 0 radical (unpaired) electrons. The average Bonchev–Trinajstić information content (AvgIpc) is 3.44. The van der Waals surface area contributed by atoms with Crippen LogP contribution in [0, 0.1) is 5.92 Å². The minimum atomic E-state index is 0.577. The summed E-state index contributed by atoms with van der Waals surface area (Å²) in [5, 5.41) is 6.69. The maximum atomic E-state index is 5.75. The van der Waals surface area contributed by atoms with Crippen LogP contribution in [0.2, 0.25) is 0 Å². The van der Waals surface area contributed by atoms with Crippen molar-refractivity contribution < 1.29 is 9.47 Å². The summed E-state index contributed by atoms with van der Waals surface area (Å²) in [6, 6.07) is 8.58. The maximum absolute atomic E-state index is 5.75. The lowest BCUT2D eigenvalue weighted by molar-refractivity contribution is 0.0888. The lowest BCUT2D eigenvalue weighted by Gasteiger charge is -2.12. The monoisotopic (exact) mass is 399 g/mol. The average molecular weight is 400 g/mol. The third-order valence-electron chi connectivity index (χ3n) is 4.85. The molecule has 0 amide bonds. The van der Waals surface area contributed by atoms with E-state index >= 15 is 0 Å². The van der Waals surface area contributed by atoms with Gasteiger partial charge in [-0.25, -0.2) is 9.98 Å². The minimum Gasteiger partial charge on any atom is -0.381 e. The van der Waals surface area contributed by atoms with Gasteiger partial charge in [0.05, 0.1) is 26.1 Å². The van der Waals surface area contributed by atoms with Crippen molar-refractivity contribution in [1.82, 2.24) is 20.2 Å². The molecule has 1 aliphatic rings. The zero-order valence-corrected chi connectivity index (χ0v) is 17.3. The number of nitrogens with one attached hydrogen (secondary N) is 2. The highest BCUT2D eigenvalue weighted by atomic mass is 16.5. The summed E-state index contributed by atoms with van der Waals surface area (Å²) in [7, 11) is 0. The van der Waals surface area contributed by atoms with Crippen molar-refractivity contribution in [1.29, 1.82) is 0 Å². The van der Waals surface area contributed by atoms with E-state index in [-0.39, 0.29) is 0 Å². The quantitative estimate of drug-likeness (QED) is 0.345. The molecule has 0 bridgehead atoms. The first-order chi connectivity index (χ1) is 14.3. The molecule has 7 heteroatoms. The van der Waals surface area contributed by atoms with E-state index in [0.717, 1.165) is 64.9 Å². The first-order valence-electron chi connectivity index (χ1n) is 10.5. The molecule has 1 unspecified atom stereocenters. The predicted octanol–water partition coefficient (Wildman–Crippen LogP) is 2.43. The zero-order valence-electron chi connectivity index (χ0n) is 17.3. The first kappa shape index (κ1) is 21.3. The van der Waals surface area contributed by atoms with Crippen molar-refractivity contribution in [3.63, 3.8) is 0 Å². The van der Waals surface area contributed by atoms with Crippen LogP contribution in [-0.2, 0) is 22.6 Å². The van der Waals surface area contributed by atoms with Crippen LogP contribution in [0.15, 0.2) is 48.0 Å². The molecule has 7 nitrogen and oxygen atoms in total. The van der Waals surface area contributed by atoms with Gasteiger partial charge in [0, 0.05) is 51.2 Å². The van der Waals surface area contributed by atoms with Gasteiger partial charge in [0.15, 0.2) is 5.96 Å². The smallest absolute Gasteiger partial charge is 0.191 e. The molecule has 1 aromatic heterocycles. The Hall–Kier alpha value is -2.38. The van der Waals surface area contributed by atoms with Crippen molar-refractivity contribution in [2.45, 2.75) is 32.9 Å². The van der Waals surface area contributed by atoms with E-state index in [4.69, 9.17) is 14.5 Å². The van der Waals surface area contributed by atoms with Crippen molar-refractivity contribution in [2.75, 3.05) is 39.5 Å². The molecule has 2 aromatic rings. The predicted molar refractivity (Wildman–Crippen MR) is 115 cm³/mol. The van der Waals surface area contributed by atoms with Gasteiger partial charge in [-0.15, -0.1) is 0 Å². The fourth-order valence-electron chi connectivity index (χ4n) is 3.20. The van der Waals surface area contributed by atoms with Crippen LogP contribution in [0.5, 0.6) is 0 Å². The molecule has 0 spiro atoms. The number of guanidine groups is 1. The number of rotatable bonds is 11. The van der Waals surface area contributed by atoms with Crippen LogP contribution in [-0.4, -0.2) is 55.0 Å². The van der Waals surface area contributed by atoms with Crippen LogP contribution >= 0.6 is 0 Å². The summed E-state index contributed by atoms with van der Waals surface area (Å²) in [5.74, 6) is 1.42. The Balaban J connectivity index is 1.36. The van der Waals surface area contributed by atoms with E-state index in [9.17, 15) is 0 Å². The maximum Gasteiger partial charge on any atom is 0.191 e. The van der Waals surface area contributed by atoms with E-state index < -0.39 is 0 Å². The zero-order chi connectivity index (χ0) is 20.2. The third-order valence-corrected chi connectivity index (χ3v) is 4.85. The van der Waals surface area contributed by atoms with E-state index in [2.05, 4.69) is 51.4 Å². The van der Waals surface area contributed by atoms with Gasteiger partial charge < -0.3 is 24.7 Å². The summed E-state index contributed by atoms with van der Waals surface area (Å²) in [5.41, 5.74) is 2.45. The Labute approximate surface area is 173 Å². The number of nitrogens with zero attached hydrogens (tertiary/aromatic N) is 3. The molecule has 1 atom stereocenters. The van der Waals surface area contributed by atoms with Gasteiger partial charge in [0.1, 0.15) is 0 Å². The fourth-order valence-corrected chi connectivity index (χ4v) is 3.20. The number of hydrogen-bond donors (Lipinski definition) is 2. The summed E-state index contributed by atoms with van der Waals surface area (Å²) in [6.45, 7) is 8.56. The molecule has 1 fully saturated rings. The molecular formula is C22H33N5O2. The van der Waals surface area contributed by atoms with E-state index in [1.807, 2.05) is 12.5 Å². The fraction of sp³-hybridized carbons (Fsp3) is 0.545. The lowest BCUT2D eigenvalue weighted by atomic mass is 10.1. The Morgan fingerprint density at radius 3 is 2.86 bits per heavy atom. The molecule has 158 valence electrons. The van der Waals surface area contributed by atoms with Crippen LogP contribution in [0.3, 0.4) is 0 Å². The van der Waals surface area contributed by atoms with Crippen molar-refractivity contribution in [3.8, 4) is 0 Å². The third kappa shape index (κ3) is 7.87. The number of aromatic nitrogens is 2. The summed E-state index contributed by atoms with van der Waals surface area (Å²) >= 11 is 0. The first-order valence-corrected chi connectivity index (χ1v) is 10.5. The van der Waals surface area contributed by atoms with Crippen LogP contribution in [0.4, 0.5) is 0 Å². The number of aliphatic imine (C=N–C) groups is 1. The second-order valence-corrected chi connectivity index (χ2v) is 7.33. The Morgan fingerprint density at radius 2 is 2.14 bits per heavy atom. The van der Waals surface area contributed by atoms with Gasteiger partial charge in [0.25, 0.3) is 0 Å². The minimum absolute atomic E-state index is 0.577. The van der Waals surface area contributed by atoms with Gasteiger partial charge in [0.2, 0.25) is 0 Å². The standard InChI is InChI=1S/C22H33N5O2/c1-2-24-22(25-9-3-12-28-16-21-8-13-29-17-21)26-14-19-4-6-20(7-5-19)15-27-11-10-23-18-27/h4-7,10-11,18,21H,2-3,8-9,12-17H2,1H3,(H2,24,25,26). The van der Waals surface area contributed by atoms with Crippen LogP contribution in [0.25, 0.3) is 0 Å². The Bertz CT molecular complexity index is 709. The number of imidazole rings is 1. The highest BCUT2D eigenvalue weighted by Crippen LogP contribution is 2.12. The summed E-state index contributed by atoms with van der Waals surface area (Å²) < 4.78 is 13.2. The molecule has 1 aromatic carbocycles. The lowest BCUT2D eigenvalue weighted by Crippen LogP contribution is -2.38. The van der Waals surface area contributed by atoms with Crippen LogP contribution in [0.1, 0.15) is 30.9 Å². The SMILES string of the molecule is CCNC(=NCc1ccc(Cn2ccnc2)cc1)NCCCOCC1CCOC1. The van der Waals surface area contributed by atoms with Gasteiger partial charge in [-0.1, -0.05) is 24.3 Å². The molecular weight excluding hydrogens is 366 g/mol. The number of ether oxygens (including phenoxy) is 2. The van der Waals surface area contributed by atoms with E-state index in [1.165, 1.54) is 11.1 Å².